The van der Waals surface area contributed by atoms with Crippen LogP contribution in [-0.4, -0.2) is 23.4 Å². The molecule has 0 bridgehead atoms. The number of rotatable bonds is 6. The molecule has 1 aliphatic rings. The highest BCUT2D eigenvalue weighted by atomic mass is 16.5. The van der Waals surface area contributed by atoms with Gasteiger partial charge in [-0.1, -0.05) is 6.07 Å². The van der Waals surface area contributed by atoms with Gasteiger partial charge in [-0.3, -0.25) is 9.59 Å². The summed E-state index contributed by atoms with van der Waals surface area (Å²) in [5.41, 5.74) is 7.30. The minimum absolute atomic E-state index is 0.305. The van der Waals surface area contributed by atoms with Gasteiger partial charge in [0.05, 0.1) is 12.2 Å². The molecule has 1 heterocycles. The molecule has 1 aliphatic carbocycles. The molecule has 3 rings (SSSR count). The number of anilines is 1. The molecule has 2 amide bonds. The smallest absolute Gasteiger partial charge is 0.257 e. The Balaban J connectivity index is 1.68. The number of carbonyl (C=O) groups excluding carboxylic acids is 2. The molecule has 1 saturated carbocycles. The van der Waals surface area contributed by atoms with Crippen LogP contribution in [0.5, 0.6) is 5.88 Å². The lowest BCUT2D eigenvalue weighted by molar-refractivity contribution is 0.0995. The number of carbonyl (C=O) groups is 2. The molecular formula is C18H19N3O3. The summed E-state index contributed by atoms with van der Waals surface area (Å²) in [6, 6.07) is 8.37. The third-order valence-corrected chi connectivity index (χ3v) is 4.01. The maximum absolute atomic E-state index is 12.3. The van der Waals surface area contributed by atoms with Gasteiger partial charge in [-0.05, 0) is 49.4 Å². The summed E-state index contributed by atoms with van der Waals surface area (Å²) < 4.78 is 5.55. The van der Waals surface area contributed by atoms with Crippen LogP contribution in [0.4, 0.5) is 5.69 Å². The van der Waals surface area contributed by atoms with Crippen molar-refractivity contribution < 1.29 is 14.3 Å². The van der Waals surface area contributed by atoms with Gasteiger partial charge in [0.15, 0.2) is 0 Å². The summed E-state index contributed by atoms with van der Waals surface area (Å²) in [7, 11) is 0. The minimum Gasteiger partial charge on any atom is -0.477 e. The molecule has 0 unspecified atom stereocenters. The average molecular weight is 325 g/mol. The normalized spacial score (nSPS) is 13.4. The van der Waals surface area contributed by atoms with Crippen molar-refractivity contribution in [2.75, 3.05) is 11.9 Å². The van der Waals surface area contributed by atoms with Gasteiger partial charge in [0.25, 0.3) is 5.91 Å². The second kappa shape index (κ2) is 6.70. The number of pyridine rings is 1. The van der Waals surface area contributed by atoms with Crippen LogP contribution < -0.4 is 15.8 Å². The van der Waals surface area contributed by atoms with Crippen molar-refractivity contribution in [3.05, 3.63) is 53.2 Å². The predicted molar refractivity (Wildman–Crippen MR) is 90.1 cm³/mol. The first kappa shape index (κ1) is 16.0. The number of hydrogen-bond acceptors (Lipinski definition) is 4. The summed E-state index contributed by atoms with van der Waals surface area (Å²) in [6.07, 6.45) is 3.90. The standard InChI is InChI=1S/C18H19N3O3/c1-11-14(17(19)22)3-2-4-15(11)21-18(23)13-7-8-16(20-9-13)24-10-12-5-6-12/h2-4,7-9,12H,5-6,10H2,1H3,(H2,19,22)(H,21,23). The topological polar surface area (TPSA) is 94.3 Å². The van der Waals surface area contributed by atoms with E-state index in [4.69, 9.17) is 10.5 Å². The van der Waals surface area contributed by atoms with E-state index in [-0.39, 0.29) is 5.91 Å². The summed E-state index contributed by atoms with van der Waals surface area (Å²) in [5.74, 6) is 0.337. The fourth-order valence-corrected chi connectivity index (χ4v) is 2.32. The molecule has 0 atom stereocenters. The molecule has 2 aromatic rings. The lowest BCUT2D eigenvalue weighted by Crippen LogP contribution is -2.17. The Morgan fingerprint density at radius 1 is 1.29 bits per heavy atom. The third kappa shape index (κ3) is 3.71. The van der Waals surface area contributed by atoms with Crippen molar-refractivity contribution >= 4 is 17.5 Å². The van der Waals surface area contributed by atoms with Gasteiger partial charge < -0.3 is 15.8 Å². The van der Waals surface area contributed by atoms with Crippen molar-refractivity contribution in [1.82, 2.24) is 4.98 Å². The molecule has 0 aliphatic heterocycles. The highest BCUT2D eigenvalue weighted by Crippen LogP contribution is 2.29. The van der Waals surface area contributed by atoms with E-state index in [0.29, 0.717) is 40.8 Å². The number of amides is 2. The van der Waals surface area contributed by atoms with E-state index in [1.54, 1.807) is 37.3 Å². The van der Waals surface area contributed by atoms with Crippen LogP contribution in [0.2, 0.25) is 0 Å². The molecule has 124 valence electrons. The van der Waals surface area contributed by atoms with Crippen LogP contribution >= 0.6 is 0 Å². The summed E-state index contributed by atoms with van der Waals surface area (Å²) >= 11 is 0. The van der Waals surface area contributed by atoms with E-state index in [1.807, 2.05) is 0 Å². The van der Waals surface area contributed by atoms with E-state index in [2.05, 4.69) is 10.3 Å². The first-order valence-corrected chi connectivity index (χ1v) is 7.84. The van der Waals surface area contributed by atoms with Gasteiger partial charge in [-0.15, -0.1) is 0 Å². The van der Waals surface area contributed by atoms with Crippen LogP contribution in [0, 0.1) is 12.8 Å². The zero-order valence-corrected chi connectivity index (χ0v) is 13.4. The van der Waals surface area contributed by atoms with E-state index < -0.39 is 5.91 Å². The second-order valence-electron chi connectivity index (χ2n) is 5.94. The van der Waals surface area contributed by atoms with Gasteiger partial charge in [0.2, 0.25) is 11.8 Å². The molecule has 1 aromatic carbocycles. The number of benzene rings is 1. The molecule has 1 fully saturated rings. The Hall–Kier alpha value is -2.89. The Labute approximate surface area is 140 Å². The molecule has 3 N–H and O–H groups in total. The molecule has 0 radical (unpaired) electrons. The highest BCUT2D eigenvalue weighted by molar-refractivity contribution is 6.05. The molecule has 6 nitrogen and oxygen atoms in total. The zero-order valence-electron chi connectivity index (χ0n) is 13.4. The largest absolute Gasteiger partial charge is 0.477 e. The number of ether oxygens (including phenoxy) is 1. The van der Waals surface area contributed by atoms with Crippen molar-refractivity contribution in [1.29, 1.82) is 0 Å². The Kier molecular flexibility index (Phi) is 4.46. The van der Waals surface area contributed by atoms with Crippen LogP contribution in [-0.2, 0) is 0 Å². The van der Waals surface area contributed by atoms with Crippen molar-refractivity contribution in [3.63, 3.8) is 0 Å². The number of nitrogens with two attached hydrogens (primary N) is 1. The number of nitrogens with one attached hydrogen (secondary N) is 1. The van der Waals surface area contributed by atoms with Crippen molar-refractivity contribution in [2.45, 2.75) is 19.8 Å². The number of hydrogen-bond donors (Lipinski definition) is 2. The monoisotopic (exact) mass is 325 g/mol. The Morgan fingerprint density at radius 2 is 2.08 bits per heavy atom. The fourth-order valence-electron chi connectivity index (χ4n) is 2.32. The molecule has 0 spiro atoms. The van der Waals surface area contributed by atoms with Crippen molar-refractivity contribution in [3.8, 4) is 5.88 Å². The first-order chi connectivity index (χ1) is 11.5. The van der Waals surface area contributed by atoms with E-state index in [9.17, 15) is 9.59 Å². The second-order valence-corrected chi connectivity index (χ2v) is 5.94. The average Bonchev–Trinajstić information content (AvgIpc) is 3.39. The third-order valence-electron chi connectivity index (χ3n) is 4.01. The van der Waals surface area contributed by atoms with Crippen molar-refractivity contribution in [2.24, 2.45) is 11.7 Å². The van der Waals surface area contributed by atoms with Gasteiger partial charge in [0, 0.05) is 23.5 Å². The zero-order chi connectivity index (χ0) is 17.1. The van der Waals surface area contributed by atoms with Gasteiger partial charge in [-0.2, -0.15) is 0 Å². The maximum atomic E-state index is 12.3. The quantitative estimate of drug-likeness (QED) is 0.853. The molecular weight excluding hydrogens is 306 g/mol. The van der Waals surface area contributed by atoms with Crippen LogP contribution in [0.1, 0.15) is 39.1 Å². The Morgan fingerprint density at radius 3 is 2.71 bits per heavy atom. The van der Waals surface area contributed by atoms with Crippen LogP contribution in [0.15, 0.2) is 36.5 Å². The number of nitrogens with zero attached hydrogens (tertiary/aromatic N) is 1. The summed E-state index contributed by atoms with van der Waals surface area (Å²) in [6.45, 7) is 2.42. The van der Waals surface area contributed by atoms with Gasteiger partial charge in [-0.25, -0.2) is 4.98 Å². The molecule has 1 aromatic heterocycles. The van der Waals surface area contributed by atoms with Gasteiger partial charge >= 0.3 is 0 Å². The predicted octanol–water partition coefficient (Wildman–Crippen LogP) is 2.53. The molecule has 24 heavy (non-hydrogen) atoms. The van der Waals surface area contributed by atoms with Gasteiger partial charge in [0.1, 0.15) is 0 Å². The minimum atomic E-state index is -0.526. The fraction of sp³-hybridized carbons (Fsp3) is 0.278. The first-order valence-electron chi connectivity index (χ1n) is 7.84. The SMILES string of the molecule is Cc1c(NC(=O)c2ccc(OCC3CC3)nc2)cccc1C(N)=O. The lowest BCUT2D eigenvalue weighted by Gasteiger charge is -2.11. The molecule has 6 heteroatoms. The number of aromatic nitrogens is 1. The maximum Gasteiger partial charge on any atom is 0.257 e. The highest BCUT2D eigenvalue weighted by Gasteiger charge is 2.22. The molecule has 0 saturated heterocycles. The summed E-state index contributed by atoms with van der Waals surface area (Å²) in [4.78, 5) is 27.8. The van der Waals surface area contributed by atoms with Crippen LogP contribution in [0.25, 0.3) is 0 Å². The van der Waals surface area contributed by atoms with E-state index in [0.717, 1.165) is 0 Å². The van der Waals surface area contributed by atoms with Crippen LogP contribution in [0.3, 0.4) is 0 Å². The lowest BCUT2D eigenvalue weighted by atomic mass is 10.1. The summed E-state index contributed by atoms with van der Waals surface area (Å²) in [5, 5.41) is 2.77. The van der Waals surface area contributed by atoms with E-state index in [1.165, 1.54) is 19.0 Å². The number of primary amides is 1. The van der Waals surface area contributed by atoms with E-state index >= 15 is 0 Å². The Bertz CT molecular complexity index is 768.